The molecule has 5 nitrogen and oxygen atoms in total. The van der Waals surface area contributed by atoms with Gasteiger partial charge in [0.25, 0.3) is 0 Å². The number of halogens is 1. The number of esters is 1. The molecule has 1 atom stereocenters. The zero-order chi connectivity index (χ0) is 13.3. The molecule has 18 heavy (non-hydrogen) atoms. The summed E-state index contributed by atoms with van der Waals surface area (Å²) < 4.78 is 4.65. The summed E-state index contributed by atoms with van der Waals surface area (Å²) in [5.41, 5.74) is 0.844. The molecule has 0 aliphatic carbocycles. The Morgan fingerprint density at radius 3 is 2.89 bits per heavy atom. The molecule has 1 unspecified atom stereocenters. The molecule has 2 rings (SSSR count). The number of rotatable bonds is 2. The van der Waals surface area contributed by atoms with Crippen molar-refractivity contribution in [3.8, 4) is 0 Å². The summed E-state index contributed by atoms with van der Waals surface area (Å²) in [6, 6.07) is 3.52. The van der Waals surface area contributed by atoms with Gasteiger partial charge in [-0.05, 0) is 18.6 Å². The predicted molar refractivity (Wildman–Crippen MR) is 66.5 cm³/mol. The van der Waals surface area contributed by atoms with E-state index in [-0.39, 0.29) is 24.8 Å². The lowest BCUT2D eigenvalue weighted by Gasteiger charge is -2.15. The third-order valence-corrected chi connectivity index (χ3v) is 3.34. The fraction of sp³-hybridized carbons (Fsp3) is 0.417. The maximum atomic E-state index is 11.8. The van der Waals surface area contributed by atoms with Crippen LogP contribution in [0.3, 0.4) is 0 Å². The summed E-state index contributed by atoms with van der Waals surface area (Å²) in [6.07, 6.45) is 0.153. The molecule has 0 spiro atoms. The van der Waals surface area contributed by atoms with Gasteiger partial charge in [0.1, 0.15) is 11.0 Å². The maximum absolute atomic E-state index is 11.8. The summed E-state index contributed by atoms with van der Waals surface area (Å²) in [7, 11) is 1.32. The van der Waals surface area contributed by atoms with Gasteiger partial charge in [0, 0.05) is 13.0 Å². The third-order valence-electron chi connectivity index (χ3n) is 2.96. The van der Waals surface area contributed by atoms with Gasteiger partial charge in [-0.1, -0.05) is 17.7 Å². The van der Waals surface area contributed by atoms with E-state index < -0.39 is 5.92 Å². The SMILES string of the molecule is COC(=O)C1CC(=O)N(c2ccc(C)c(Cl)n2)C1. The molecule has 1 aliphatic rings. The monoisotopic (exact) mass is 268 g/mol. The second-order valence-corrected chi connectivity index (χ2v) is 4.56. The van der Waals surface area contributed by atoms with Gasteiger partial charge in [0.2, 0.25) is 5.91 Å². The Kier molecular flexibility index (Phi) is 3.52. The number of carbonyl (C=O) groups excluding carboxylic acids is 2. The van der Waals surface area contributed by atoms with Gasteiger partial charge in [-0.15, -0.1) is 0 Å². The van der Waals surface area contributed by atoms with E-state index in [1.54, 1.807) is 12.1 Å². The molecule has 1 saturated heterocycles. The summed E-state index contributed by atoms with van der Waals surface area (Å²) >= 11 is 5.93. The van der Waals surface area contributed by atoms with Crippen LogP contribution in [0.4, 0.5) is 5.82 Å². The lowest BCUT2D eigenvalue weighted by atomic mass is 10.1. The van der Waals surface area contributed by atoms with Crippen molar-refractivity contribution in [1.29, 1.82) is 0 Å². The largest absolute Gasteiger partial charge is 0.469 e. The average Bonchev–Trinajstić information content (AvgIpc) is 2.74. The Bertz CT molecular complexity index is 504. The van der Waals surface area contributed by atoms with Crippen molar-refractivity contribution in [2.24, 2.45) is 5.92 Å². The van der Waals surface area contributed by atoms with Crippen LogP contribution < -0.4 is 4.90 Å². The number of ether oxygens (including phenoxy) is 1. The van der Waals surface area contributed by atoms with Crippen LogP contribution in [-0.4, -0.2) is 30.5 Å². The first kappa shape index (κ1) is 12.8. The van der Waals surface area contributed by atoms with E-state index in [2.05, 4.69) is 9.72 Å². The van der Waals surface area contributed by atoms with Crippen LogP contribution >= 0.6 is 11.6 Å². The zero-order valence-electron chi connectivity index (χ0n) is 10.1. The van der Waals surface area contributed by atoms with Crippen LogP contribution in [0.1, 0.15) is 12.0 Å². The quantitative estimate of drug-likeness (QED) is 0.603. The average molecular weight is 269 g/mol. The van der Waals surface area contributed by atoms with Gasteiger partial charge >= 0.3 is 5.97 Å². The molecule has 1 aromatic heterocycles. The topological polar surface area (TPSA) is 59.5 Å². The third kappa shape index (κ3) is 2.31. The molecule has 1 aromatic rings. The molecule has 0 aromatic carbocycles. The second-order valence-electron chi connectivity index (χ2n) is 4.21. The van der Waals surface area contributed by atoms with Crippen molar-refractivity contribution in [1.82, 2.24) is 4.98 Å². The van der Waals surface area contributed by atoms with Gasteiger partial charge in [0.05, 0.1) is 13.0 Å². The number of amides is 1. The number of pyridine rings is 1. The lowest BCUT2D eigenvalue weighted by Crippen LogP contribution is -2.27. The number of aromatic nitrogens is 1. The minimum Gasteiger partial charge on any atom is -0.469 e. The van der Waals surface area contributed by atoms with E-state index in [1.807, 2.05) is 6.92 Å². The molecule has 0 bridgehead atoms. The van der Waals surface area contributed by atoms with Crippen LogP contribution in [0.25, 0.3) is 0 Å². The molecule has 96 valence electrons. The highest BCUT2D eigenvalue weighted by atomic mass is 35.5. The normalized spacial score (nSPS) is 19.2. The smallest absolute Gasteiger partial charge is 0.311 e. The van der Waals surface area contributed by atoms with Crippen molar-refractivity contribution in [2.45, 2.75) is 13.3 Å². The Labute approximate surface area is 110 Å². The summed E-state index contributed by atoms with van der Waals surface area (Å²) in [6.45, 7) is 2.13. The van der Waals surface area contributed by atoms with Crippen molar-refractivity contribution in [2.75, 3.05) is 18.6 Å². The predicted octanol–water partition coefficient (Wildman–Crippen LogP) is 1.57. The Morgan fingerprint density at radius 1 is 1.56 bits per heavy atom. The number of aryl methyl sites for hydroxylation is 1. The molecule has 6 heteroatoms. The fourth-order valence-electron chi connectivity index (χ4n) is 1.90. The highest BCUT2D eigenvalue weighted by Gasteiger charge is 2.36. The Morgan fingerprint density at radius 2 is 2.28 bits per heavy atom. The zero-order valence-corrected chi connectivity index (χ0v) is 10.9. The molecular formula is C12H13ClN2O3. The van der Waals surface area contributed by atoms with Crippen LogP contribution in [-0.2, 0) is 14.3 Å². The highest BCUT2D eigenvalue weighted by molar-refractivity contribution is 6.30. The standard InChI is InChI=1S/C12H13ClN2O3/c1-7-3-4-9(14-11(7)13)15-6-8(5-10(15)16)12(17)18-2/h3-4,8H,5-6H2,1-2H3. The van der Waals surface area contributed by atoms with Crippen LogP contribution in [0, 0.1) is 12.8 Å². The van der Waals surface area contributed by atoms with Crippen molar-refractivity contribution in [3.05, 3.63) is 22.8 Å². The molecule has 0 N–H and O–H groups in total. The molecular weight excluding hydrogens is 256 g/mol. The maximum Gasteiger partial charge on any atom is 0.311 e. The van der Waals surface area contributed by atoms with E-state index in [1.165, 1.54) is 12.0 Å². The Hall–Kier alpha value is -1.62. The summed E-state index contributed by atoms with van der Waals surface area (Å²) in [5, 5.41) is 0.363. The van der Waals surface area contributed by atoms with E-state index >= 15 is 0 Å². The van der Waals surface area contributed by atoms with E-state index in [9.17, 15) is 9.59 Å². The minimum atomic E-state index is -0.427. The van der Waals surface area contributed by atoms with Gasteiger partial charge in [-0.25, -0.2) is 4.98 Å². The number of carbonyl (C=O) groups is 2. The number of hydrogen-bond acceptors (Lipinski definition) is 4. The highest BCUT2D eigenvalue weighted by Crippen LogP contribution is 2.26. The van der Waals surface area contributed by atoms with Gasteiger partial charge < -0.3 is 4.74 Å². The minimum absolute atomic E-state index is 0.141. The van der Waals surface area contributed by atoms with E-state index in [0.29, 0.717) is 11.0 Å². The van der Waals surface area contributed by atoms with Crippen molar-refractivity contribution < 1.29 is 14.3 Å². The first-order valence-corrected chi connectivity index (χ1v) is 5.92. The summed E-state index contributed by atoms with van der Waals surface area (Å²) in [5.74, 6) is -0.465. The fourth-order valence-corrected chi connectivity index (χ4v) is 2.05. The lowest BCUT2D eigenvalue weighted by molar-refractivity contribution is -0.145. The van der Waals surface area contributed by atoms with Gasteiger partial charge in [-0.3, -0.25) is 14.5 Å². The number of hydrogen-bond donors (Lipinski definition) is 0. The van der Waals surface area contributed by atoms with Crippen molar-refractivity contribution in [3.63, 3.8) is 0 Å². The Balaban J connectivity index is 2.21. The molecule has 1 amide bonds. The molecule has 0 radical (unpaired) electrons. The van der Waals surface area contributed by atoms with E-state index in [0.717, 1.165) is 5.56 Å². The first-order valence-electron chi connectivity index (χ1n) is 5.54. The van der Waals surface area contributed by atoms with Crippen LogP contribution in [0.15, 0.2) is 12.1 Å². The van der Waals surface area contributed by atoms with Gasteiger partial charge in [-0.2, -0.15) is 0 Å². The first-order chi connectivity index (χ1) is 8.52. The van der Waals surface area contributed by atoms with Crippen LogP contribution in [0.2, 0.25) is 5.15 Å². The number of methoxy groups -OCH3 is 1. The second kappa shape index (κ2) is 4.94. The van der Waals surface area contributed by atoms with Crippen molar-refractivity contribution >= 4 is 29.3 Å². The molecule has 2 heterocycles. The van der Waals surface area contributed by atoms with E-state index in [4.69, 9.17) is 11.6 Å². The number of nitrogens with zero attached hydrogens (tertiary/aromatic N) is 2. The number of anilines is 1. The molecule has 1 aliphatic heterocycles. The van der Waals surface area contributed by atoms with Gasteiger partial charge in [0.15, 0.2) is 0 Å². The molecule has 0 saturated carbocycles. The molecule has 1 fully saturated rings. The summed E-state index contributed by atoms with van der Waals surface area (Å²) in [4.78, 5) is 28.9. The van der Waals surface area contributed by atoms with Crippen LogP contribution in [0.5, 0.6) is 0 Å².